The number of carbonyl (C=O) groups excluding carboxylic acids is 2. The lowest BCUT2D eigenvalue weighted by molar-refractivity contribution is -0.374. The van der Waals surface area contributed by atoms with E-state index in [0.29, 0.717) is 12.8 Å². The van der Waals surface area contributed by atoms with Crippen LogP contribution in [-0.4, -0.2) is 48.2 Å². The lowest BCUT2D eigenvalue weighted by Gasteiger charge is -2.33. The molecule has 1 N–H and O–H groups in total. The Bertz CT molecular complexity index is 683. The smallest absolute Gasteiger partial charge is 0.444 e. The average Bonchev–Trinajstić information content (AvgIpc) is 2.59. The molecule has 1 aliphatic rings. The van der Waals surface area contributed by atoms with Gasteiger partial charge in [-0.15, -0.1) is 13.2 Å². The predicted molar refractivity (Wildman–Crippen MR) is 96.8 cm³/mol. The molecular formula is C19H25F3N2O5. The van der Waals surface area contributed by atoms with Crippen molar-refractivity contribution in [1.29, 1.82) is 0 Å². The molecule has 0 spiro atoms. The number of nitrogens with one attached hydrogen (secondary N) is 1. The second kappa shape index (κ2) is 9.34. The van der Waals surface area contributed by atoms with E-state index in [2.05, 4.69) is 10.1 Å². The van der Waals surface area contributed by atoms with Crippen LogP contribution in [0.4, 0.5) is 22.8 Å². The lowest BCUT2D eigenvalue weighted by Crippen LogP contribution is -2.48. The van der Waals surface area contributed by atoms with Crippen molar-refractivity contribution < 1.29 is 37.0 Å². The summed E-state index contributed by atoms with van der Waals surface area (Å²) in [5.41, 5.74) is -0.556. The second-order valence-corrected chi connectivity index (χ2v) is 7.60. The summed E-state index contributed by atoms with van der Waals surface area (Å²) in [5, 5.41) is 2.72. The molecule has 1 aromatic rings. The van der Waals surface area contributed by atoms with E-state index in [0.717, 1.165) is 0 Å². The maximum absolute atomic E-state index is 12.7. The number of halogens is 3. The minimum Gasteiger partial charge on any atom is -0.444 e. The Balaban J connectivity index is 1.89. The molecule has 1 aromatic carbocycles. The number of benzene rings is 1. The van der Waals surface area contributed by atoms with Crippen LogP contribution in [0.15, 0.2) is 30.3 Å². The van der Waals surface area contributed by atoms with Crippen LogP contribution in [0.1, 0.15) is 45.5 Å². The SMILES string of the molecule is CC(C)(C)OC(=O)NC1CCN(C(=O)OC(OC(F)(F)F)c2ccccc2)CC1. The first-order valence-electron chi connectivity index (χ1n) is 9.17. The third-order valence-electron chi connectivity index (χ3n) is 3.99. The number of alkyl halides is 3. The highest BCUT2D eigenvalue weighted by Crippen LogP contribution is 2.29. The number of alkyl carbamates (subject to hydrolysis) is 1. The summed E-state index contributed by atoms with van der Waals surface area (Å²) in [5.74, 6) is 0. The molecule has 2 rings (SSSR count). The first-order valence-corrected chi connectivity index (χ1v) is 9.17. The molecule has 0 aliphatic carbocycles. The highest BCUT2D eigenvalue weighted by molar-refractivity contribution is 5.69. The van der Waals surface area contributed by atoms with Crippen molar-refractivity contribution in [3.8, 4) is 0 Å². The third kappa shape index (κ3) is 8.18. The van der Waals surface area contributed by atoms with Crippen LogP contribution in [0.5, 0.6) is 0 Å². The summed E-state index contributed by atoms with van der Waals surface area (Å²) in [6.45, 7) is 5.67. The summed E-state index contributed by atoms with van der Waals surface area (Å²) < 4.78 is 52.2. The number of ether oxygens (including phenoxy) is 3. The van der Waals surface area contributed by atoms with E-state index in [1.165, 1.54) is 29.2 Å². The molecule has 1 unspecified atom stereocenters. The zero-order valence-corrected chi connectivity index (χ0v) is 16.5. The van der Waals surface area contributed by atoms with Crippen molar-refractivity contribution in [3.63, 3.8) is 0 Å². The normalized spacial score (nSPS) is 16.8. The zero-order valence-electron chi connectivity index (χ0n) is 16.5. The van der Waals surface area contributed by atoms with E-state index < -0.39 is 30.4 Å². The molecule has 1 saturated heterocycles. The third-order valence-corrected chi connectivity index (χ3v) is 3.99. The summed E-state index contributed by atoms with van der Waals surface area (Å²) in [4.78, 5) is 25.4. The van der Waals surface area contributed by atoms with Crippen LogP contribution in [0.3, 0.4) is 0 Å². The van der Waals surface area contributed by atoms with Crippen LogP contribution in [0, 0.1) is 0 Å². The molecule has 0 bridgehead atoms. The number of nitrogens with zero attached hydrogens (tertiary/aromatic N) is 1. The molecule has 2 amide bonds. The summed E-state index contributed by atoms with van der Waals surface area (Å²) >= 11 is 0. The topological polar surface area (TPSA) is 77.1 Å². The first-order chi connectivity index (χ1) is 13.4. The Hall–Kier alpha value is -2.49. The fraction of sp³-hybridized carbons (Fsp3) is 0.579. The zero-order chi connectivity index (χ0) is 21.7. The van der Waals surface area contributed by atoms with Crippen molar-refractivity contribution >= 4 is 12.2 Å². The van der Waals surface area contributed by atoms with Crippen molar-refractivity contribution in [2.45, 2.75) is 57.9 Å². The van der Waals surface area contributed by atoms with E-state index in [1.54, 1.807) is 26.8 Å². The molecule has 29 heavy (non-hydrogen) atoms. The highest BCUT2D eigenvalue weighted by atomic mass is 19.4. The quantitative estimate of drug-likeness (QED) is 0.736. The Morgan fingerprint density at radius 2 is 1.69 bits per heavy atom. The van der Waals surface area contributed by atoms with E-state index in [1.807, 2.05) is 0 Å². The van der Waals surface area contributed by atoms with Crippen LogP contribution in [-0.2, 0) is 14.2 Å². The predicted octanol–water partition coefficient (Wildman–Crippen LogP) is 4.35. The van der Waals surface area contributed by atoms with Crippen LogP contribution < -0.4 is 5.32 Å². The van der Waals surface area contributed by atoms with Crippen molar-refractivity contribution in [3.05, 3.63) is 35.9 Å². The van der Waals surface area contributed by atoms with Gasteiger partial charge in [-0.3, -0.25) is 0 Å². The first kappa shape index (κ1) is 22.8. The fourth-order valence-corrected chi connectivity index (χ4v) is 2.74. The number of hydrogen-bond donors (Lipinski definition) is 1. The van der Waals surface area contributed by atoms with E-state index in [4.69, 9.17) is 9.47 Å². The standard InChI is InChI=1S/C19H25F3N2O5/c1-18(2,3)29-16(25)23-14-9-11-24(12-10-14)17(26)27-15(28-19(20,21)22)13-7-5-4-6-8-13/h4-8,14-15H,9-12H2,1-3H3,(H,23,25). The van der Waals surface area contributed by atoms with Gasteiger partial charge in [0.2, 0.25) is 6.29 Å². The monoisotopic (exact) mass is 418 g/mol. The fourth-order valence-electron chi connectivity index (χ4n) is 2.74. The number of hydrogen-bond acceptors (Lipinski definition) is 5. The summed E-state index contributed by atoms with van der Waals surface area (Å²) in [6, 6.07) is 7.21. The Labute approximate surface area is 167 Å². The van der Waals surface area contributed by atoms with Crippen LogP contribution >= 0.6 is 0 Å². The molecule has 0 saturated carbocycles. The van der Waals surface area contributed by atoms with Crippen LogP contribution in [0.2, 0.25) is 0 Å². The molecular weight excluding hydrogens is 393 g/mol. The molecule has 0 aromatic heterocycles. The van der Waals surface area contributed by atoms with Gasteiger partial charge in [0.1, 0.15) is 5.60 Å². The van der Waals surface area contributed by atoms with Gasteiger partial charge in [0.25, 0.3) is 0 Å². The number of rotatable bonds is 4. The van der Waals surface area contributed by atoms with Crippen LogP contribution in [0.25, 0.3) is 0 Å². The van der Waals surface area contributed by atoms with E-state index in [-0.39, 0.29) is 24.7 Å². The van der Waals surface area contributed by atoms with Gasteiger partial charge in [0, 0.05) is 24.7 Å². The van der Waals surface area contributed by atoms with Gasteiger partial charge in [-0.1, -0.05) is 30.3 Å². The van der Waals surface area contributed by atoms with E-state index in [9.17, 15) is 22.8 Å². The van der Waals surface area contributed by atoms with Gasteiger partial charge < -0.3 is 19.7 Å². The lowest BCUT2D eigenvalue weighted by atomic mass is 10.1. The minimum absolute atomic E-state index is 0.0691. The summed E-state index contributed by atoms with van der Waals surface area (Å²) in [7, 11) is 0. The number of carbonyl (C=O) groups is 2. The van der Waals surface area contributed by atoms with Crippen molar-refractivity contribution in [1.82, 2.24) is 10.2 Å². The Morgan fingerprint density at radius 1 is 1.10 bits per heavy atom. The van der Waals surface area contributed by atoms with E-state index >= 15 is 0 Å². The number of piperidine rings is 1. The maximum atomic E-state index is 12.7. The van der Waals surface area contributed by atoms with Gasteiger partial charge in [-0.2, -0.15) is 0 Å². The van der Waals surface area contributed by atoms with Crippen molar-refractivity contribution in [2.24, 2.45) is 0 Å². The highest BCUT2D eigenvalue weighted by Gasteiger charge is 2.37. The number of likely N-dealkylation sites (tertiary alicyclic amines) is 1. The van der Waals surface area contributed by atoms with Gasteiger partial charge in [-0.25, -0.2) is 14.3 Å². The summed E-state index contributed by atoms with van der Waals surface area (Å²) in [6.07, 6.45) is -7.50. The Kier molecular flexibility index (Phi) is 7.34. The van der Waals surface area contributed by atoms with Gasteiger partial charge >= 0.3 is 18.5 Å². The molecule has 7 nitrogen and oxygen atoms in total. The maximum Gasteiger partial charge on any atom is 0.525 e. The molecule has 1 aliphatic heterocycles. The molecule has 10 heteroatoms. The van der Waals surface area contributed by atoms with Gasteiger partial charge in [0.15, 0.2) is 0 Å². The minimum atomic E-state index is -4.97. The Morgan fingerprint density at radius 3 is 2.21 bits per heavy atom. The molecule has 0 radical (unpaired) electrons. The average molecular weight is 418 g/mol. The molecule has 162 valence electrons. The number of amides is 2. The van der Waals surface area contributed by atoms with Crippen molar-refractivity contribution in [2.75, 3.05) is 13.1 Å². The molecule has 1 heterocycles. The second-order valence-electron chi connectivity index (χ2n) is 7.60. The van der Waals surface area contributed by atoms with Gasteiger partial charge in [-0.05, 0) is 33.6 Å². The largest absolute Gasteiger partial charge is 0.525 e. The molecule has 1 atom stereocenters. The molecule has 1 fully saturated rings. The van der Waals surface area contributed by atoms with Gasteiger partial charge in [0.05, 0.1) is 0 Å².